The van der Waals surface area contributed by atoms with Gasteiger partial charge in [-0.05, 0) is 31.4 Å². The SMILES string of the molecule is O=C(COC[C@H]1CCCCO1)N1CCN(c2ccc3nccn3n2)CC1. The molecule has 4 heterocycles. The van der Waals surface area contributed by atoms with Crippen molar-refractivity contribution in [2.45, 2.75) is 25.4 Å². The molecule has 0 spiro atoms. The second-order valence-corrected chi connectivity index (χ2v) is 6.79. The molecule has 2 aliphatic rings. The van der Waals surface area contributed by atoms with E-state index < -0.39 is 0 Å². The number of nitrogens with zero attached hydrogens (tertiary/aromatic N) is 5. The van der Waals surface area contributed by atoms with E-state index in [4.69, 9.17) is 9.47 Å². The number of rotatable bonds is 5. The van der Waals surface area contributed by atoms with E-state index in [-0.39, 0.29) is 18.6 Å². The van der Waals surface area contributed by atoms with Gasteiger partial charge < -0.3 is 19.3 Å². The van der Waals surface area contributed by atoms with E-state index >= 15 is 0 Å². The highest BCUT2D eigenvalue weighted by atomic mass is 16.5. The van der Waals surface area contributed by atoms with Gasteiger partial charge in [-0.2, -0.15) is 0 Å². The van der Waals surface area contributed by atoms with Gasteiger partial charge in [0.25, 0.3) is 0 Å². The van der Waals surface area contributed by atoms with Crippen molar-refractivity contribution in [3.8, 4) is 0 Å². The number of hydrogen-bond donors (Lipinski definition) is 0. The first-order chi connectivity index (χ1) is 12.8. The summed E-state index contributed by atoms with van der Waals surface area (Å²) in [5.74, 6) is 0.965. The Morgan fingerprint density at radius 1 is 1.23 bits per heavy atom. The number of fused-ring (bicyclic) bond motifs is 1. The second kappa shape index (κ2) is 8.01. The largest absolute Gasteiger partial charge is 0.376 e. The predicted molar refractivity (Wildman–Crippen MR) is 96.2 cm³/mol. The zero-order valence-electron chi connectivity index (χ0n) is 14.9. The molecule has 4 rings (SSSR count). The molecule has 26 heavy (non-hydrogen) atoms. The van der Waals surface area contributed by atoms with Crippen LogP contribution >= 0.6 is 0 Å². The molecule has 1 amide bonds. The third-order valence-corrected chi connectivity index (χ3v) is 5.00. The van der Waals surface area contributed by atoms with Crippen molar-refractivity contribution in [1.82, 2.24) is 19.5 Å². The molecule has 140 valence electrons. The Morgan fingerprint density at radius 2 is 2.12 bits per heavy atom. The summed E-state index contributed by atoms with van der Waals surface area (Å²) in [6.07, 6.45) is 7.07. The minimum Gasteiger partial charge on any atom is -0.376 e. The Morgan fingerprint density at radius 3 is 2.92 bits per heavy atom. The number of ether oxygens (including phenoxy) is 2. The molecule has 0 unspecified atom stereocenters. The van der Waals surface area contributed by atoms with Crippen LogP contribution in [0.1, 0.15) is 19.3 Å². The van der Waals surface area contributed by atoms with Gasteiger partial charge in [0, 0.05) is 45.2 Å². The van der Waals surface area contributed by atoms with E-state index in [9.17, 15) is 4.79 Å². The molecule has 2 fully saturated rings. The first-order valence-electron chi connectivity index (χ1n) is 9.32. The fourth-order valence-electron chi connectivity index (χ4n) is 3.47. The van der Waals surface area contributed by atoms with Gasteiger partial charge in [0.1, 0.15) is 12.4 Å². The van der Waals surface area contributed by atoms with Gasteiger partial charge >= 0.3 is 0 Å². The number of carbonyl (C=O) groups excluding carboxylic acids is 1. The lowest BCUT2D eigenvalue weighted by Gasteiger charge is -2.35. The van der Waals surface area contributed by atoms with Gasteiger partial charge in [-0.1, -0.05) is 0 Å². The standard InChI is InChI=1S/C18H25N5O3/c24-18(14-25-13-15-3-1-2-12-26-15)22-10-8-21(9-11-22)17-5-4-16-19-6-7-23(16)20-17/h4-7,15H,1-3,8-14H2/t15-/m1/s1. The van der Waals surface area contributed by atoms with Crippen molar-refractivity contribution in [2.24, 2.45) is 0 Å². The molecule has 2 aromatic rings. The third kappa shape index (κ3) is 3.96. The van der Waals surface area contributed by atoms with Crippen LogP contribution in [0, 0.1) is 0 Å². The van der Waals surface area contributed by atoms with Crippen LogP contribution in [0.5, 0.6) is 0 Å². The number of amides is 1. The lowest BCUT2D eigenvalue weighted by molar-refractivity contribution is -0.138. The molecule has 2 aliphatic heterocycles. The monoisotopic (exact) mass is 359 g/mol. The number of anilines is 1. The molecule has 8 heteroatoms. The Kier molecular flexibility index (Phi) is 5.31. The van der Waals surface area contributed by atoms with E-state index in [1.807, 2.05) is 23.2 Å². The first kappa shape index (κ1) is 17.2. The summed E-state index contributed by atoms with van der Waals surface area (Å²) in [6.45, 7) is 4.37. The lowest BCUT2D eigenvalue weighted by Crippen LogP contribution is -2.50. The van der Waals surface area contributed by atoms with Crippen LogP contribution in [-0.2, 0) is 14.3 Å². The van der Waals surface area contributed by atoms with Crippen LogP contribution < -0.4 is 4.90 Å². The van der Waals surface area contributed by atoms with Gasteiger partial charge in [0.2, 0.25) is 5.91 Å². The van der Waals surface area contributed by atoms with Gasteiger partial charge in [0.15, 0.2) is 5.65 Å². The molecular formula is C18H25N5O3. The van der Waals surface area contributed by atoms with Gasteiger partial charge in [-0.15, -0.1) is 5.10 Å². The van der Waals surface area contributed by atoms with Gasteiger partial charge in [0.05, 0.1) is 12.7 Å². The maximum atomic E-state index is 12.3. The third-order valence-electron chi connectivity index (χ3n) is 5.00. The summed E-state index contributed by atoms with van der Waals surface area (Å²) in [6, 6.07) is 3.94. The van der Waals surface area contributed by atoms with Crippen LogP contribution in [0.25, 0.3) is 5.65 Å². The minimum atomic E-state index is 0.0541. The number of piperazine rings is 1. The van der Waals surface area contributed by atoms with E-state index in [2.05, 4.69) is 15.0 Å². The van der Waals surface area contributed by atoms with Crippen LogP contribution in [0.4, 0.5) is 5.82 Å². The summed E-state index contributed by atoms with van der Waals surface area (Å²) >= 11 is 0. The number of carbonyl (C=O) groups is 1. The van der Waals surface area contributed by atoms with E-state index in [1.54, 1.807) is 10.7 Å². The van der Waals surface area contributed by atoms with Crippen molar-refractivity contribution in [2.75, 3.05) is 50.9 Å². The van der Waals surface area contributed by atoms with E-state index in [0.29, 0.717) is 19.7 Å². The summed E-state index contributed by atoms with van der Waals surface area (Å²) in [5.41, 5.74) is 0.835. The fraction of sp³-hybridized carbons (Fsp3) is 0.611. The molecule has 0 aliphatic carbocycles. The molecule has 2 saturated heterocycles. The molecule has 2 aromatic heterocycles. The molecule has 0 radical (unpaired) electrons. The Bertz CT molecular complexity index is 735. The normalized spacial score (nSPS) is 21.3. The van der Waals surface area contributed by atoms with Crippen molar-refractivity contribution in [1.29, 1.82) is 0 Å². The quantitative estimate of drug-likeness (QED) is 0.792. The fourth-order valence-corrected chi connectivity index (χ4v) is 3.47. The number of aromatic nitrogens is 3. The first-order valence-corrected chi connectivity index (χ1v) is 9.32. The maximum Gasteiger partial charge on any atom is 0.248 e. The molecule has 0 bridgehead atoms. The highest BCUT2D eigenvalue weighted by Crippen LogP contribution is 2.15. The second-order valence-electron chi connectivity index (χ2n) is 6.79. The number of imidazole rings is 1. The zero-order chi connectivity index (χ0) is 17.8. The molecule has 0 aromatic carbocycles. The topological polar surface area (TPSA) is 72.2 Å². The van der Waals surface area contributed by atoms with Gasteiger partial charge in [-0.3, -0.25) is 4.79 Å². The Labute approximate surface area is 152 Å². The average molecular weight is 359 g/mol. The average Bonchev–Trinajstić information content (AvgIpc) is 3.17. The van der Waals surface area contributed by atoms with E-state index in [0.717, 1.165) is 44.0 Å². The van der Waals surface area contributed by atoms with Crippen molar-refractivity contribution >= 4 is 17.4 Å². The molecule has 8 nitrogen and oxygen atoms in total. The highest BCUT2D eigenvalue weighted by Gasteiger charge is 2.23. The van der Waals surface area contributed by atoms with Crippen molar-refractivity contribution in [3.63, 3.8) is 0 Å². The maximum absolute atomic E-state index is 12.3. The van der Waals surface area contributed by atoms with Crippen LogP contribution in [0.2, 0.25) is 0 Å². The molecule has 0 saturated carbocycles. The van der Waals surface area contributed by atoms with Crippen molar-refractivity contribution in [3.05, 3.63) is 24.5 Å². The number of hydrogen-bond acceptors (Lipinski definition) is 6. The smallest absolute Gasteiger partial charge is 0.248 e. The summed E-state index contributed by atoms with van der Waals surface area (Å²) in [5, 5.41) is 4.57. The minimum absolute atomic E-state index is 0.0541. The highest BCUT2D eigenvalue weighted by molar-refractivity contribution is 5.77. The summed E-state index contributed by atoms with van der Waals surface area (Å²) in [4.78, 5) is 20.6. The molecular weight excluding hydrogens is 334 g/mol. The molecule has 1 atom stereocenters. The van der Waals surface area contributed by atoms with Crippen LogP contribution in [0.15, 0.2) is 24.5 Å². The predicted octanol–water partition coefficient (Wildman–Crippen LogP) is 0.964. The molecule has 0 N–H and O–H groups in total. The van der Waals surface area contributed by atoms with Crippen LogP contribution in [-0.4, -0.2) is 77.5 Å². The lowest BCUT2D eigenvalue weighted by atomic mass is 10.1. The van der Waals surface area contributed by atoms with Crippen LogP contribution in [0.3, 0.4) is 0 Å². The van der Waals surface area contributed by atoms with Gasteiger partial charge in [-0.25, -0.2) is 9.50 Å². The Hall–Kier alpha value is -2.19. The summed E-state index contributed by atoms with van der Waals surface area (Å²) in [7, 11) is 0. The van der Waals surface area contributed by atoms with E-state index in [1.165, 1.54) is 6.42 Å². The van der Waals surface area contributed by atoms with Crippen molar-refractivity contribution < 1.29 is 14.3 Å². The zero-order valence-corrected chi connectivity index (χ0v) is 14.9. The Balaban J connectivity index is 1.23. The summed E-state index contributed by atoms with van der Waals surface area (Å²) < 4.78 is 13.0.